The zero-order valence-corrected chi connectivity index (χ0v) is 12.4. The molecule has 1 amide bonds. The molecule has 1 aliphatic rings. The van der Waals surface area contributed by atoms with Crippen LogP contribution in [0.2, 0.25) is 0 Å². The molecule has 1 heterocycles. The van der Waals surface area contributed by atoms with Crippen molar-refractivity contribution in [2.45, 2.75) is 19.9 Å². The molecule has 1 aromatic carbocycles. The average Bonchev–Trinajstić information content (AvgIpc) is 2.53. The van der Waals surface area contributed by atoms with Crippen molar-refractivity contribution in [3.8, 4) is 0 Å². The van der Waals surface area contributed by atoms with E-state index in [-0.39, 0.29) is 11.9 Å². The van der Waals surface area contributed by atoms with E-state index in [1.54, 1.807) is 0 Å². The summed E-state index contributed by atoms with van der Waals surface area (Å²) in [5.74, 6) is 0.200. The van der Waals surface area contributed by atoms with Gasteiger partial charge in [0, 0.05) is 6.54 Å². The van der Waals surface area contributed by atoms with E-state index >= 15 is 0 Å². The van der Waals surface area contributed by atoms with Crippen LogP contribution in [0.15, 0.2) is 30.3 Å². The summed E-state index contributed by atoms with van der Waals surface area (Å²) in [6.45, 7) is 8.39. The molecule has 20 heavy (non-hydrogen) atoms. The maximum Gasteiger partial charge on any atom is 0.237 e. The van der Waals surface area contributed by atoms with Gasteiger partial charge in [0.1, 0.15) is 0 Å². The Morgan fingerprint density at radius 3 is 2.65 bits per heavy atom. The summed E-state index contributed by atoms with van der Waals surface area (Å²) in [7, 11) is 0. The molecule has 1 fully saturated rings. The number of carbonyl (C=O) groups excluding carboxylic acids is 1. The highest BCUT2D eigenvalue weighted by Gasteiger charge is 2.28. The molecule has 1 aromatic rings. The maximum atomic E-state index is 12.5. The van der Waals surface area contributed by atoms with Crippen LogP contribution in [0.5, 0.6) is 0 Å². The van der Waals surface area contributed by atoms with Gasteiger partial charge in [-0.1, -0.05) is 44.2 Å². The predicted octanol–water partition coefficient (Wildman–Crippen LogP) is 1.93. The Morgan fingerprint density at radius 2 is 2.00 bits per heavy atom. The Morgan fingerprint density at radius 1 is 1.30 bits per heavy atom. The van der Waals surface area contributed by atoms with Crippen LogP contribution in [0.3, 0.4) is 0 Å². The first-order valence-electron chi connectivity index (χ1n) is 7.40. The monoisotopic (exact) mass is 276 g/mol. The molecule has 110 valence electrons. The van der Waals surface area contributed by atoms with Crippen molar-refractivity contribution < 1.29 is 9.53 Å². The molecule has 0 saturated carbocycles. The van der Waals surface area contributed by atoms with Gasteiger partial charge in [-0.3, -0.25) is 9.69 Å². The molecule has 2 rings (SSSR count). The Labute approximate surface area is 121 Å². The van der Waals surface area contributed by atoms with Crippen LogP contribution in [0.25, 0.3) is 0 Å². The van der Waals surface area contributed by atoms with Gasteiger partial charge in [0.05, 0.1) is 25.8 Å². The Kier molecular flexibility index (Phi) is 5.56. The van der Waals surface area contributed by atoms with Crippen LogP contribution in [0.4, 0.5) is 0 Å². The smallest absolute Gasteiger partial charge is 0.237 e. The van der Waals surface area contributed by atoms with Gasteiger partial charge in [0.15, 0.2) is 0 Å². The number of likely N-dealkylation sites (N-methyl/N-ethyl adjacent to an activating group) is 1. The predicted molar refractivity (Wildman–Crippen MR) is 79.5 cm³/mol. The second-order valence-electron chi connectivity index (χ2n) is 5.05. The molecule has 0 aliphatic carbocycles. The Hall–Kier alpha value is -1.39. The molecule has 0 N–H and O–H groups in total. The van der Waals surface area contributed by atoms with Crippen molar-refractivity contribution in [3.05, 3.63) is 35.9 Å². The van der Waals surface area contributed by atoms with Gasteiger partial charge in [-0.15, -0.1) is 0 Å². The highest BCUT2D eigenvalue weighted by molar-refractivity contribution is 5.79. The summed E-state index contributed by atoms with van der Waals surface area (Å²) >= 11 is 0. The highest BCUT2D eigenvalue weighted by atomic mass is 16.5. The van der Waals surface area contributed by atoms with Gasteiger partial charge < -0.3 is 9.64 Å². The van der Waals surface area contributed by atoms with Gasteiger partial charge in [0.2, 0.25) is 5.91 Å². The van der Waals surface area contributed by atoms with E-state index in [4.69, 9.17) is 4.74 Å². The fourth-order valence-electron chi connectivity index (χ4n) is 2.58. The molecule has 1 atom stereocenters. The average molecular weight is 276 g/mol. The standard InChI is InChI=1S/C16H24N2O2/c1-3-17(4-2)12-16(19)18-10-11-20-13-15(18)14-8-6-5-7-9-14/h5-9,15H,3-4,10-13H2,1-2H3/t15-/m1/s1. The molecule has 1 aliphatic heterocycles. The number of nitrogens with zero attached hydrogens (tertiary/aromatic N) is 2. The number of morpholine rings is 1. The fourth-order valence-corrected chi connectivity index (χ4v) is 2.58. The summed E-state index contributed by atoms with van der Waals surface area (Å²) < 4.78 is 5.57. The largest absolute Gasteiger partial charge is 0.377 e. The number of ether oxygens (including phenoxy) is 1. The van der Waals surface area contributed by atoms with E-state index in [0.717, 1.165) is 18.7 Å². The van der Waals surface area contributed by atoms with E-state index in [0.29, 0.717) is 26.3 Å². The lowest BCUT2D eigenvalue weighted by Crippen LogP contribution is -2.47. The first-order valence-corrected chi connectivity index (χ1v) is 7.40. The summed E-state index contributed by atoms with van der Waals surface area (Å²) in [6.07, 6.45) is 0. The van der Waals surface area contributed by atoms with Crippen molar-refractivity contribution in [2.75, 3.05) is 39.4 Å². The molecule has 0 aromatic heterocycles. The van der Waals surface area contributed by atoms with E-state index in [2.05, 4.69) is 30.9 Å². The Balaban J connectivity index is 2.09. The minimum Gasteiger partial charge on any atom is -0.377 e. The lowest BCUT2D eigenvalue weighted by Gasteiger charge is -2.37. The second-order valence-corrected chi connectivity index (χ2v) is 5.05. The number of carbonyl (C=O) groups is 1. The number of benzene rings is 1. The van der Waals surface area contributed by atoms with Gasteiger partial charge in [0.25, 0.3) is 0 Å². The summed E-state index contributed by atoms with van der Waals surface area (Å²) in [4.78, 5) is 16.7. The third-order valence-corrected chi connectivity index (χ3v) is 3.89. The van der Waals surface area contributed by atoms with Crippen LogP contribution in [0.1, 0.15) is 25.5 Å². The zero-order valence-electron chi connectivity index (χ0n) is 12.4. The summed E-state index contributed by atoms with van der Waals surface area (Å²) in [5, 5.41) is 0. The SMILES string of the molecule is CCN(CC)CC(=O)N1CCOC[C@@H]1c1ccccc1. The molecular formula is C16H24N2O2. The zero-order chi connectivity index (χ0) is 14.4. The number of hydrogen-bond donors (Lipinski definition) is 0. The van der Waals surface area contributed by atoms with E-state index in [1.165, 1.54) is 0 Å². The quantitative estimate of drug-likeness (QED) is 0.824. The van der Waals surface area contributed by atoms with Crippen molar-refractivity contribution in [3.63, 3.8) is 0 Å². The van der Waals surface area contributed by atoms with E-state index in [9.17, 15) is 4.79 Å². The normalized spacial score (nSPS) is 19.4. The summed E-state index contributed by atoms with van der Waals surface area (Å²) in [5.41, 5.74) is 1.15. The van der Waals surface area contributed by atoms with Crippen LogP contribution in [0, 0.1) is 0 Å². The van der Waals surface area contributed by atoms with Crippen LogP contribution in [-0.4, -0.2) is 55.1 Å². The second kappa shape index (κ2) is 7.41. The number of rotatable bonds is 5. The summed E-state index contributed by atoms with van der Waals surface area (Å²) in [6, 6.07) is 10.2. The van der Waals surface area contributed by atoms with Crippen LogP contribution in [-0.2, 0) is 9.53 Å². The molecule has 0 bridgehead atoms. The molecule has 0 radical (unpaired) electrons. The van der Waals surface area contributed by atoms with Crippen molar-refractivity contribution in [1.29, 1.82) is 0 Å². The van der Waals surface area contributed by atoms with Crippen molar-refractivity contribution >= 4 is 5.91 Å². The number of amides is 1. The Bertz CT molecular complexity index is 418. The van der Waals surface area contributed by atoms with Gasteiger partial charge >= 0.3 is 0 Å². The van der Waals surface area contributed by atoms with Gasteiger partial charge in [-0.05, 0) is 18.7 Å². The molecule has 1 saturated heterocycles. The molecule has 4 heteroatoms. The molecule has 4 nitrogen and oxygen atoms in total. The molecule has 0 unspecified atom stereocenters. The number of hydrogen-bond acceptors (Lipinski definition) is 3. The minimum absolute atomic E-state index is 0.0491. The first-order chi connectivity index (χ1) is 9.76. The van der Waals surface area contributed by atoms with Gasteiger partial charge in [-0.25, -0.2) is 0 Å². The van der Waals surface area contributed by atoms with Crippen LogP contribution >= 0.6 is 0 Å². The molecular weight excluding hydrogens is 252 g/mol. The lowest BCUT2D eigenvalue weighted by molar-refractivity contribution is -0.141. The highest BCUT2D eigenvalue weighted by Crippen LogP contribution is 2.24. The third-order valence-electron chi connectivity index (χ3n) is 3.89. The van der Waals surface area contributed by atoms with Crippen molar-refractivity contribution in [1.82, 2.24) is 9.80 Å². The first kappa shape index (κ1) is 15.0. The van der Waals surface area contributed by atoms with Crippen molar-refractivity contribution in [2.24, 2.45) is 0 Å². The third kappa shape index (κ3) is 3.58. The fraction of sp³-hybridized carbons (Fsp3) is 0.562. The van der Waals surface area contributed by atoms with E-state index in [1.807, 2.05) is 23.1 Å². The van der Waals surface area contributed by atoms with E-state index < -0.39 is 0 Å². The topological polar surface area (TPSA) is 32.8 Å². The maximum absolute atomic E-state index is 12.5. The lowest BCUT2D eigenvalue weighted by atomic mass is 10.0. The molecule has 0 spiro atoms. The minimum atomic E-state index is 0.0491. The van der Waals surface area contributed by atoms with Crippen LogP contribution < -0.4 is 0 Å². The van der Waals surface area contributed by atoms with Gasteiger partial charge in [-0.2, -0.15) is 0 Å².